The van der Waals surface area contributed by atoms with Crippen molar-refractivity contribution in [3.8, 4) is 0 Å². The van der Waals surface area contributed by atoms with Crippen molar-refractivity contribution >= 4 is 17.6 Å². The zero-order valence-electron chi connectivity index (χ0n) is 5.93. The molecule has 3 heteroatoms. The molecular formula is C8H9O2S-. The SMILES string of the molecule is C=Cc1ccccc1.O=[SH-]=O. The fraction of sp³-hybridized carbons (Fsp3) is 0. The molecule has 11 heavy (non-hydrogen) atoms. The van der Waals surface area contributed by atoms with E-state index in [2.05, 4.69) is 6.58 Å². The topological polar surface area (TPSA) is 34.1 Å². The first-order valence-corrected chi connectivity index (χ1v) is 3.70. The summed E-state index contributed by atoms with van der Waals surface area (Å²) in [6, 6.07) is 10.0. The maximum absolute atomic E-state index is 8.35. The Kier molecular flexibility index (Phi) is 6.33. The molecule has 0 atom stereocenters. The first-order valence-electron chi connectivity index (χ1n) is 2.97. The van der Waals surface area contributed by atoms with Crippen LogP contribution in [0.3, 0.4) is 0 Å². The molecule has 0 aliphatic rings. The average molecular weight is 169 g/mol. The normalized spacial score (nSPS) is 7.64. The number of thiol groups is 1. The minimum Gasteiger partial charge on any atom is -0.427 e. The van der Waals surface area contributed by atoms with E-state index in [1.165, 1.54) is 5.56 Å². The first kappa shape index (κ1) is 9.91. The Morgan fingerprint density at radius 2 is 1.64 bits per heavy atom. The van der Waals surface area contributed by atoms with Crippen LogP contribution in [-0.2, 0) is 20.0 Å². The van der Waals surface area contributed by atoms with Gasteiger partial charge in [0.05, 0.1) is 0 Å². The molecule has 0 amide bonds. The van der Waals surface area contributed by atoms with Crippen LogP contribution in [0.5, 0.6) is 0 Å². The maximum Gasteiger partial charge on any atom is -0.0263 e. The summed E-state index contributed by atoms with van der Waals surface area (Å²) in [5.41, 5.74) is 1.17. The summed E-state index contributed by atoms with van der Waals surface area (Å²) < 4.78 is 16.7. The number of benzene rings is 1. The molecule has 0 saturated heterocycles. The summed E-state index contributed by atoms with van der Waals surface area (Å²) in [6.07, 6.45) is 1.83. The fourth-order valence-corrected chi connectivity index (χ4v) is 0.589. The van der Waals surface area contributed by atoms with E-state index in [0.717, 1.165) is 0 Å². The molecule has 0 unspecified atom stereocenters. The van der Waals surface area contributed by atoms with Crippen molar-refractivity contribution in [1.82, 2.24) is 0 Å². The van der Waals surface area contributed by atoms with Gasteiger partial charge in [-0.15, -0.1) is 0 Å². The van der Waals surface area contributed by atoms with Gasteiger partial charge in [-0.25, -0.2) is 0 Å². The summed E-state index contributed by atoms with van der Waals surface area (Å²) in [5, 5.41) is 0. The average Bonchev–Trinajstić information content (AvgIpc) is 2.08. The van der Waals surface area contributed by atoms with Crippen LogP contribution in [0.15, 0.2) is 36.9 Å². The molecule has 60 valence electrons. The van der Waals surface area contributed by atoms with Gasteiger partial charge in [-0.3, -0.25) is 0 Å². The Morgan fingerprint density at radius 3 is 1.91 bits per heavy atom. The Labute approximate surface area is 69.2 Å². The van der Waals surface area contributed by atoms with Crippen molar-refractivity contribution in [3.05, 3.63) is 42.5 Å². The lowest BCUT2D eigenvalue weighted by Crippen LogP contribution is -1.63. The van der Waals surface area contributed by atoms with E-state index in [1.54, 1.807) is 0 Å². The Hall–Kier alpha value is -1.09. The molecule has 0 N–H and O–H groups in total. The molecule has 1 aromatic carbocycles. The molecule has 0 spiro atoms. The second kappa shape index (κ2) is 7.02. The minimum absolute atomic E-state index is 1.08. The van der Waals surface area contributed by atoms with Crippen molar-refractivity contribution in [3.63, 3.8) is 0 Å². The van der Waals surface area contributed by atoms with Crippen molar-refractivity contribution in [1.29, 1.82) is 0 Å². The summed E-state index contributed by atoms with van der Waals surface area (Å²) in [5.74, 6) is 0. The Morgan fingerprint density at radius 1 is 1.18 bits per heavy atom. The van der Waals surface area contributed by atoms with Gasteiger partial charge < -0.3 is 8.42 Å². The summed E-state index contributed by atoms with van der Waals surface area (Å²) >= 11 is -1.08. The predicted molar refractivity (Wildman–Crippen MR) is 46.7 cm³/mol. The van der Waals surface area contributed by atoms with Gasteiger partial charge in [0, 0.05) is 0 Å². The highest BCUT2D eigenvalue weighted by Gasteiger charge is 1.75. The summed E-state index contributed by atoms with van der Waals surface area (Å²) in [4.78, 5) is 0. The van der Waals surface area contributed by atoms with Gasteiger partial charge in [0.25, 0.3) is 0 Å². The third kappa shape index (κ3) is 5.36. The standard InChI is InChI=1S/C8H8.HO2S/c1-2-8-6-4-3-5-7-8;1-3-2/h2-7H,1H2;3H/q;-1. The predicted octanol–water partition coefficient (Wildman–Crippen LogP) is 1.82. The van der Waals surface area contributed by atoms with E-state index in [1.807, 2.05) is 36.4 Å². The number of hydrogen-bond acceptors (Lipinski definition) is 3. The molecule has 0 aromatic heterocycles. The van der Waals surface area contributed by atoms with Gasteiger partial charge in [-0.1, -0.05) is 54.6 Å². The molecule has 1 aromatic rings. The summed E-state index contributed by atoms with van der Waals surface area (Å²) in [7, 11) is 0. The number of hydrogen-bond donors (Lipinski definition) is 0. The zero-order chi connectivity index (χ0) is 8.53. The van der Waals surface area contributed by atoms with Gasteiger partial charge in [0.15, 0.2) is 0 Å². The molecule has 0 saturated carbocycles. The monoisotopic (exact) mass is 169 g/mol. The van der Waals surface area contributed by atoms with E-state index in [-0.39, 0.29) is 0 Å². The fourth-order valence-electron chi connectivity index (χ4n) is 0.589. The smallest absolute Gasteiger partial charge is 0.0263 e. The molecule has 2 nitrogen and oxygen atoms in total. The van der Waals surface area contributed by atoms with E-state index in [4.69, 9.17) is 8.42 Å². The second-order valence-electron chi connectivity index (χ2n) is 1.69. The molecular weight excluding hydrogens is 160 g/mol. The molecule has 0 aliphatic heterocycles. The Balaban J connectivity index is 0.000000292. The van der Waals surface area contributed by atoms with E-state index in [0.29, 0.717) is 0 Å². The molecule has 0 heterocycles. The van der Waals surface area contributed by atoms with Crippen LogP contribution in [0.25, 0.3) is 6.08 Å². The number of rotatable bonds is 1. The third-order valence-electron chi connectivity index (χ3n) is 1.04. The highest BCUT2D eigenvalue weighted by atomic mass is 32.1. The molecule has 0 bridgehead atoms. The maximum atomic E-state index is 8.35. The van der Waals surface area contributed by atoms with Crippen molar-refractivity contribution in [2.75, 3.05) is 0 Å². The van der Waals surface area contributed by atoms with Crippen molar-refractivity contribution < 1.29 is 8.42 Å². The second-order valence-corrected chi connectivity index (χ2v) is 1.84. The molecule has 1 rings (SSSR count). The highest BCUT2D eigenvalue weighted by molar-refractivity contribution is 7.51. The van der Waals surface area contributed by atoms with Crippen LogP contribution >= 0.6 is 0 Å². The van der Waals surface area contributed by atoms with Gasteiger partial charge in [-0.05, 0) is 5.56 Å². The minimum atomic E-state index is -1.08. The largest absolute Gasteiger partial charge is 0.427 e. The lowest BCUT2D eigenvalue weighted by Gasteiger charge is -1.85. The van der Waals surface area contributed by atoms with Gasteiger partial charge >= 0.3 is 0 Å². The third-order valence-corrected chi connectivity index (χ3v) is 1.04. The van der Waals surface area contributed by atoms with Crippen LogP contribution in [0.2, 0.25) is 0 Å². The van der Waals surface area contributed by atoms with E-state index < -0.39 is 11.6 Å². The van der Waals surface area contributed by atoms with Crippen molar-refractivity contribution in [2.24, 2.45) is 0 Å². The van der Waals surface area contributed by atoms with Crippen LogP contribution in [0.4, 0.5) is 0 Å². The zero-order valence-corrected chi connectivity index (χ0v) is 6.83. The first-order chi connectivity index (χ1) is 5.35. The molecule has 0 aliphatic carbocycles. The molecule has 0 radical (unpaired) electrons. The van der Waals surface area contributed by atoms with Crippen molar-refractivity contribution in [2.45, 2.75) is 0 Å². The van der Waals surface area contributed by atoms with Gasteiger partial charge in [0.2, 0.25) is 0 Å². The van der Waals surface area contributed by atoms with E-state index >= 15 is 0 Å². The lowest BCUT2D eigenvalue weighted by atomic mass is 10.2. The van der Waals surface area contributed by atoms with Crippen LogP contribution in [0, 0.1) is 0 Å². The van der Waals surface area contributed by atoms with Crippen LogP contribution in [-0.4, -0.2) is 0 Å². The quantitative estimate of drug-likeness (QED) is 0.474. The van der Waals surface area contributed by atoms with E-state index in [9.17, 15) is 0 Å². The van der Waals surface area contributed by atoms with Gasteiger partial charge in [0.1, 0.15) is 0 Å². The summed E-state index contributed by atoms with van der Waals surface area (Å²) in [6.45, 7) is 3.63. The Bertz CT molecular complexity index is 238. The van der Waals surface area contributed by atoms with Crippen LogP contribution < -0.4 is 0 Å². The lowest BCUT2D eigenvalue weighted by molar-refractivity contribution is 0.541. The van der Waals surface area contributed by atoms with Gasteiger partial charge in [-0.2, -0.15) is 0 Å². The van der Waals surface area contributed by atoms with Crippen LogP contribution in [0.1, 0.15) is 5.56 Å². The highest BCUT2D eigenvalue weighted by Crippen LogP contribution is 1.97. The molecule has 0 fully saturated rings.